The fourth-order valence-electron chi connectivity index (χ4n) is 2.90. The Balaban J connectivity index is 2.08. The number of carbonyl (C=O) groups excluding carboxylic acids is 2. The van der Waals surface area contributed by atoms with E-state index in [1.54, 1.807) is 42.2 Å². The smallest absolute Gasteiger partial charge is 0.311 e. The molecule has 2 atom stereocenters. The van der Waals surface area contributed by atoms with E-state index in [0.29, 0.717) is 18.5 Å². The van der Waals surface area contributed by atoms with Gasteiger partial charge in [0.1, 0.15) is 0 Å². The van der Waals surface area contributed by atoms with Crippen molar-refractivity contribution in [3.8, 4) is 0 Å². The van der Waals surface area contributed by atoms with Crippen LogP contribution in [0.3, 0.4) is 0 Å². The molecule has 5 nitrogen and oxygen atoms in total. The maximum atomic E-state index is 12.6. The zero-order valence-electron chi connectivity index (χ0n) is 13.6. The number of esters is 1. The first-order valence-corrected chi connectivity index (χ1v) is 8.04. The van der Waals surface area contributed by atoms with Crippen molar-refractivity contribution in [2.45, 2.75) is 25.8 Å². The van der Waals surface area contributed by atoms with Crippen molar-refractivity contribution in [2.24, 2.45) is 5.92 Å². The van der Waals surface area contributed by atoms with Gasteiger partial charge >= 0.3 is 5.97 Å². The van der Waals surface area contributed by atoms with Crippen LogP contribution >= 0.6 is 0 Å². The number of benzene rings is 1. The summed E-state index contributed by atoms with van der Waals surface area (Å²) in [6.45, 7) is 2.17. The van der Waals surface area contributed by atoms with Gasteiger partial charge in [0.15, 0.2) is 0 Å². The SMILES string of the molecule is CCOC(=O)[C@H]1CCN(CC(F)F)C[C@H]1NC(=O)c1ccccc1. The molecule has 1 aromatic rings. The van der Waals surface area contributed by atoms with E-state index in [4.69, 9.17) is 4.74 Å². The summed E-state index contributed by atoms with van der Waals surface area (Å²) in [5, 5.41) is 2.80. The Hall–Kier alpha value is -2.02. The third kappa shape index (κ3) is 4.99. The monoisotopic (exact) mass is 340 g/mol. The average molecular weight is 340 g/mol. The highest BCUT2D eigenvalue weighted by atomic mass is 19.3. The minimum absolute atomic E-state index is 0.201. The fraction of sp³-hybridized carbons (Fsp3) is 0.529. The van der Waals surface area contributed by atoms with Crippen molar-refractivity contribution in [2.75, 3.05) is 26.2 Å². The van der Waals surface area contributed by atoms with Crippen LogP contribution in [0.1, 0.15) is 23.7 Å². The summed E-state index contributed by atoms with van der Waals surface area (Å²) < 4.78 is 30.3. The molecule has 1 aliphatic heterocycles. The van der Waals surface area contributed by atoms with Gasteiger partial charge in [-0.05, 0) is 32.0 Å². The number of nitrogens with one attached hydrogen (secondary N) is 1. The van der Waals surface area contributed by atoms with Gasteiger partial charge in [-0.15, -0.1) is 0 Å². The van der Waals surface area contributed by atoms with Gasteiger partial charge in [0.2, 0.25) is 0 Å². The van der Waals surface area contributed by atoms with Gasteiger partial charge in [0.25, 0.3) is 12.3 Å². The van der Waals surface area contributed by atoms with E-state index >= 15 is 0 Å². The van der Waals surface area contributed by atoms with Crippen LogP contribution in [0.4, 0.5) is 8.78 Å². The quantitative estimate of drug-likeness (QED) is 0.804. The molecular weight excluding hydrogens is 318 g/mol. The predicted molar refractivity (Wildman–Crippen MR) is 84.9 cm³/mol. The molecule has 1 N–H and O–H groups in total. The third-order valence-electron chi connectivity index (χ3n) is 4.03. The number of halogens is 2. The molecule has 0 spiro atoms. The van der Waals surface area contributed by atoms with Crippen molar-refractivity contribution in [1.29, 1.82) is 0 Å². The number of carbonyl (C=O) groups is 2. The molecule has 0 saturated carbocycles. The maximum Gasteiger partial charge on any atom is 0.311 e. The number of likely N-dealkylation sites (tertiary alicyclic amines) is 1. The molecule has 132 valence electrons. The maximum absolute atomic E-state index is 12.6. The number of hydrogen-bond donors (Lipinski definition) is 1. The normalized spacial score (nSPS) is 21.5. The molecule has 2 rings (SSSR count). The number of hydrogen-bond acceptors (Lipinski definition) is 4. The lowest BCUT2D eigenvalue weighted by atomic mass is 9.91. The van der Waals surface area contributed by atoms with Gasteiger partial charge in [-0.25, -0.2) is 8.78 Å². The number of ether oxygens (including phenoxy) is 1. The van der Waals surface area contributed by atoms with Crippen LogP contribution in [-0.4, -0.2) is 55.5 Å². The highest BCUT2D eigenvalue weighted by Gasteiger charge is 2.36. The molecule has 1 saturated heterocycles. The summed E-state index contributed by atoms with van der Waals surface area (Å²) in [6, 6.07) is 8.04. The number of amides is 1. The van der Waals surface area contributed by atoms with Crippen molar-refractivity contribution >= 4 is 11.9 Å². The second-order valence-corrected chi connectivity index (χ2v) is 5.74. The Bertz CT molecular complexity index is 554. The largest absolute Gasteiger partial charge is 0.466 e. The fourth-order valence-corrected chi connectivity index (χ4v) is 2.90. The zero-order valence-corrected chi connectivity index (χ0v) is 13.6. The second-order valence-electron chi connectivity index (χ2n) is 5.74. The van der Waals surface area contributed by atoms with E-state index < -0.39 is 24.4 Å². The predicted octanol–water partition coefficient (Wildman–Crippen LogP) is 1.94. The molecule has 1 fully saturated rings. The van der Waals surface area contributed by atoms with Crippen LogP contribution in [0.5, 0.6) is 0 Å². The Morgan fingerprint density at radius 2 is 2.04 bits per heavy atom. The number of piperidine rings is 1. The highest BCUT2D eigenvalue weighted by molar-refractivity contribution is 5.94. The molecule has 7 heteroatoms. The zero-order chi connectivity index (χ0) is 17.5. The van der Waals surface area contributed by atoms with E-state index in [1.165, 1.54) is 0 Å². The first-order valence-electron chi connectivity index (χ1n) is 8.04. The summed E-state index contributed by atoms with van der Waals surface area (Å²) in [5.41, 5.74) is 0.464. The van der Waals surface area contributed by atoms with Gasteiger partial charge in [0, 0.05) is 12.1 Å². The standard InChI is InChI=1S/C17H22F2N2O3/c1-2-24-17(23)13-8-9-21(11-15(18)19)10-14(13)20-16(22)12-6-4-3-5-7-12/h3-7,13-15H,2,8-11H2,1H3,(H,20,22)/t13-,14+/m0/s1. The molecule has 24 heavy (non-hydrogen) atoms. The van der Waals surface area contributed by atoms with Gasteiger partial charge in [0.05, 0.1) is 25.1 Å². The van der Waals surface area contributed by atoms with Gasteiger partial charge < -0.3 is 10.1 Å². The molecule has 0 unspecified atom stereocenters. The Morgan fingerprint density at radius 1 is 1.33 bits per heavy atom. The number of nitrogens with zero attached hydrogens (tertiary/aromatic N) is 1. The summed E-state index contributed by atoms with van der Waals surface area (Å²) >= 11 is 0. The van der Waals surface area contributed by atoms with Crippen LogP contribution in [0.25, 0.3) is 0 Å². The van der Waals surface area contributed by atoms with Crippen LogP contribution in [0, 0.1) is 5.92 Å². The summed E-state index contributed by atoms with van der Waals surface area (Å²) in [6.07, 6.45) is -2.07. The van der Waals surface area contributed by atoms with Crippen molar-refractivity contribution < 1.29 is 23.1 Å². The van der Waals surface area contributed by atoms with Crippen LogP contribution < -0.4 is 5.32 Å². The lowest BCUT2D eigenvalue weighted by Gasteiger charge is -2.37. The molecule has 1 aromatic carbocycles. The molecule has 0 aliphatic carbocycles. The number of alkyl halides is 2. The van der Waals surface area contributed by atoms with Crippen LogP contribution in [0.2, 0.25) is 0 Å². The Morgan fingerprint density at radius 3 is 2.67 bits per heavy atom. The van der Waals surface area contributed by atoms with Crippen molar-refractivity contribution in [3.05, 3.63) is 35.9 Å². The Labute approximate surface area is 140 Å². The molecule has 0 bridgehead atoms. The average Bonchev–Trinajstić information content (AvgIpc) is 2.55. The van der Waals surface area contributed by atoms with E-state index in [9.17, 15) is 18.4 Å². The first kappa shape index (κ1) is 18.3. The third-order valence-corrected chi connectivity index (χ3v) is 4.03. The van der Waals surface area contributed by atoms with E-state index in [-0.39, 0.29) is 25.6 Å². The van der Waals surface area contributed by atoms with Gasteiger partial charge in [-0.3, -0.25) is 14.5 Å². The van der Waals surface area contributed by atoms with Crippen molar-refractivity contribution in [3.63, 3.8) is 0 Å². The summed E-state index contributed by atoms with van der Waals surface area (Å²) in [4.78, 5) is 26.0. The minimum Gasteiger partial charge on any atom is -0.466 e. The van der Waals surface area contributed by atoms with Gasteiger partial charge in [-0.1, -0.05) is 18.2 Å². The van der Waals surface area contributed by atoms with Gasteiger partial charge in [-0.2, -0.15) is 0 Å². The lowest BCUT2D eigenvalue weighted by molar-refractivity contribution is -0.150. The summed E-state index contributed by atoms with van der Waals surface area (Å²) in [5.74, 6) is -1.24. The van der Waals surface area contributed by atoms with E-state index in [2.05, 4.69) is 5.32 Å². The van der Waals surface area contributed by atoms with Crippen molar-refractivity contribution in [1.82, 2.24) is 10.2 Å². The minimum atomic E-state index is -2.45. The molecule has 1 aliphatic rings. The van der Waals surface area contributed by atoms with Crippen LogP contribution in [0.15, 0.2) is 30.3 Å². The van der Waals surface area contributed by atoms with Crippen LogP contribution in [-0.2, 0) is 9.53 Å². The lowest BCUT2D eigenvalue weighted by Crippen LogP contribution is -2.55. The summed E-state index contributed by atoms with van der Waals surface area (Å²) in [7, 11) is 0. The topological polar surface area (TPSA) is 58.6 Å². The second kappa shape index (κ2) is 8.73. The molecule has 0 aromatic heterocycles. The molecule has 1 amide bonds. The number of rotatable bonds is 6. The molecular formula is C17H22F2N2O3. The van der Waals surface area contributed by atoms with E-state index in [0.717, 1.165) is 0 Å². The highest BCUT2D eigenvalue weighted by Crippen LogP contribution is 2.21. The Kier molecular flexibility index (Phi) is 6.66. The molecule has 0 radical (unpaired) electrons. The first-order chi connectivity index (χ1) is 11.5. The molecule has 1 heterocycles. The van der Waals surface area contributed by atoms with E-state index in [1.807, 2.05) is 0 Å².